The quantitative estimate of drug-likeness (QED) is 0.514. The van der Waals surface area contributed by atoms with Gasteiger partial charge in [-0.3, -0.25) is 19.3 Å². The number of nitrogens with zero attached hydrogens (tertiary/aromatic N) is 1. The number of amides is 2. The van der Waals surface area contributed by atoms with Gasteiger partial charge < -0.3 is 19.2 Å². The number of nitrogens with one attached hydrogen (secondary N) is 1. The van der Waals surface area contributed by atoms with Crippen molar-refractivity contribution in [2.75, 3.05) is 18.1 Å². The van der Waals surface area contributed by atoms with E-state index in [-0.39, 0.29) is 37.4 Å². The van der Waals surface area contributed by atoms with Crippen molar-refractivity contribution >= 4 is 23.3 Å². The van der Waals surface area contributed by atoms with E-state index in [1.165, 1.54) is 11.2 Å². The average molecular weight is 463 g/mol. The van der Waals surface area contributed by atoms with Crippen LogP contribution in [0.5, 0.6) is 11.5 Å². The van der Waals surface area contributed by atoms with E-state index in [4.69, 9.17) is 13.9 Å². The number of benzene rings is 2. The Balaban J connectivity index is 1.51. The average Bonchev–Trinajstić information content (AvgIpc) is 3.35. The summed E-state index contributed by atoms with van der Waals surface area (Å²) < 4.78 is 16.6. The molecule has 1 unspecified atom stereocenters. The van der Waals surface area contributed by atoms with E-state index in [9.17, 15) is 14.4 Å². The van der Waals surface area contributed by atoms with Crippen LogP contribution in [0.1, 0.15) is 34.2 Å². The molecule has 1 aliphatic heterocycles. The molecule has 1 atom stereocenters. The standard InChI is InChI=1S/C26H26N2O6/c1-16-6-4-7-17(2)25(16)34-14-22(29)19-9-10-23-21(12-19)28(24(30)15-33-23)18(3)26(31)27-13-20-8-5-11-32-20/h4-12,18H,13-15H2,1-3H3,(H,27,31). The number of Topliss-reactive ketones (excluding diaryl/α,β-unsaturated/α-hetero) is 1. The number of furan rings is 1. The largest absolute Gasteiger partial charge is 0.485 e. The van der Waals surface area contributed by atoms with Gasteiger partial charge >= 0.3 is 0 Å². The Hall–Kier alpha value is -4.07. The van der Waals surface area contributed by atoms with Crippen molar-refractivity contribution in [1.82, 2.24) is 5.32 Å². The molecule has 3 aromatic rings. The summed E-state index contributed by atoms with van der Waals surface area (Å²) in [5.74, 6) is 0.731. The number of carbonyl (C=O) groups excluding carboxylic acids is 3. The number of rotatable bonds is 8. The van der Waals surface area contributed by atoms with E-state index in [0.717, 1.165) is 11.1 Å². The molecule has 0 spiro atoms. The summed E-state index contributed by atoms with van der Waals surface area (Å²) in [7, 11) is 0. The fourth-order valence-electron chi connectivity index (χ4n) is 3.87. The van der Waals surface area contributed by atoms with Crippen LogP contribution in [0, 0.1) is 13.8 Å². The highest BCUT2D eigenvalue weighted by atomic mass is 16.5. The summed E-state index contributed by atoms with van der Waals surface area (Å²) in [6, 6.07) is 13.3. The first-order valence-electron chi connectivity index (χ1n) is 11.0. The predicted molar refractivity (Wildman–Crippen MR) is 125 cm³/mol. The summed E-state index contributed by atoms with van der Waals surface area (Å²) in [5.41, 5.74) is 2.61. The van der Waals surface area contributed by atoms with E-state index in [0.29, 0.717) is 28.5 Å². The number of ether oxygens (including phenoxy) is 2. The third-order valence-corrected chi connectivity index (χ3v) is 5.70. The smallest absolute Gasteiger partial charge is 0.265 e. The Labute approximate surface area is 197 Å². The number of hydrogen-bond acceptors (Lipinski definition) is 6. The summed E-state index contributed by atoms with van der Waals surface area (Å²) in [6.07, 6.45) is 1.52. The molecule has 176 valence electrons. The first-order valence-corrected chi connectivity index (χ1v) is 11.0. The Morgan fingerprint density at radius 1 is 1.12 bits per heavy atom. The zero-order valence-corrected chi connectivity index (χ0v) is 19.3. The molecular formula is C26H26N2O6. The highest BCUT2D eigenvalue weighted by Gasteiger charge is 2.33. The molecule has 2 amide bonds. The maximum Gasteiger partial charge on any atom is 0.265 e. The molecule has 1 aliphatic rings. The molecule has 0 radical (unpaired) electrons. The third-order valence-electron chi connectivity index (χ3n) is 5.70. The van der Waals surface area contributed by atoms with Gasteiger partial charge in [0.15, 0.2) is 19.0 Å². The van der Waals surface area contributed by atoms with Crippen LogP contribution >= 0.6 is 0 Å². The second-order valence-corrected chi connectivity index (χ2v) is 8.14. The first kappa shape index (κ1) is 23.1. The molecule has 0 bridgehead atoms. The van der Waals surface area contributed by atoms with Gasteiger partial charge in [-0.1, -0.05) is 18.2 Å². The zero-order valence-electron chi connectivity index (χ0n) is 19.3. The van der Waals surface area contributed by atoms with Crippen molar-refractivity contribution in [3.05, 3.63) is 77.2 Å². The van der Waals surface area contributed by atoms with Gasteiger partial charge in [0.05, 0.1) is 18.5 Å². The molecule has 34 heavy (non-hydrogen) atoms. The lowest BCUT2D eigenvalue weighted by Gasteiger charge is -2.33. The number of para-hydroxylation sites is 1. The fourth-order valence-corrected chi connectivity index (χ4v) is 3.87. The summed E-state index contributed by atoms with van der Waals surface area (Å²) in [5, 5.41) is 2.77. The summed E-state index contributed by atoms with van der Waals surface area (Å²) >= 11 is 0. The van der Waals surface area contributed by atoms with Crippen LogP contribution in [0.4, 0.5) is 5.69 Å². The molecule has 2 aromatic carbocycles. The van der Waals surface area contributed by atoms with Crippen LogP contribution in [0.15, 0.2) is 59.2 Å². The number of fused-ring (bicyclic) bond motifs is 1. The first-order chi connectivity index (χ1) is 16.3. The lowest BCUT2D eigenvalue weighted by atomic mass is 10.1. The van der Waals surface area contributed by atoms with Crippen LogP contribution in [0.3, 0.4) is 0 Å². The highest BCUT2D eigenvalue weighted by molar-refractivity contribution is 6.05. The van der Waals surface area contributed by atoms with Crippen LogP contribution in [-0.2, 0) is 16.1 Å². The van der Waals surface area contributed by atoms with Crippen LogP contribution in [0.25, 0.3) is 0 Å². The van der Waals surface area contributed by atoms with Crippen molar-refractivity contribution < 1.29 is 28.3 Å². The Bertz CT molecular complexity index is 1200. The lowest BCUT2D eigenvalue weighted by Crippen LogP contribution is -2.51. The SMILES string of the molecule is Cc1cccc(C)c1OCC(=O)c1ccc2c(c1)N(C(C)C(=O)NCc1ccco1)C(=O)CO2. The lowest BCUT2D eigenvalue weighted by molar-refractivity contribution is -0.127. The van der Waals surface area contributed by atoms with Crippen LogP contribution in [0.2, 0.25) is 0 Å². The Kier molecular flexibility index (Phi) is 6.67. The van der Waals surface area contributed by atoms with Crippen molar-refractivity contribution in [3.8, 4) is 11.5 Å². The second-order valence-electron chi connectivity index (χ2n) is 8.14. The third kappa shape index (κ3) is 4.80. The maximum absolute atomic E-state index is 12.9. The van der Waals surface area contributed by atoms with Crippen molar-refractivity contribution in [2.45, 2.75) is 33.4 Å². The van der Waals surface area contributed by atoms with Gasteiger partial charge in [-0.25, -0.2) is 0 Å². The van der Waals surface area contributed by atoms with E-state index in [1.54, 1.807) is 37.3 Å². The monoisotopic (exact) mass is 462 g/mol. The van der Waals surface area contributed by atoms with Gasteiger partial charge in [0.2, 0.25) is 5.91 Å². The predicted octanol–water partition coefficient (Wildman–Crippen LogP) is 3.59. The van der Waals surface area contributed by atoms with Gasteiger partial charge in [0, 0.05) is 5.56 Å². The number of aryl methyl sites for hydroxylation is 2. The molecule has 0 saturated heterocycles. The Morgan fingerprint density at radius 3 is 2.59 bits per heavy atom. The zero-order chi connectivity index (χ0) is 24.2. The van der Waals surface area contributed by atoms with E-state index in [1.807, 2.05) is 32.0 Å². The number of ketones is 1. The highest BCUT2D eigenvalue weighted by Crippen LogP contribution is 2.34. The molecular weight excluding hydrogens is 436 g/mol. The number of hydrogen-bond donors (Lipinski definition) is 1. The van der Waals surface area contributed by atoms with Gasteiger partial charge in [-0.05, 0) is 62.2 Å². The molecule has 8 heteroatoms. The molecule has 0 saturated carbocycles. The van der Waals surface area contributed by atoms with Crippen LogP contribution in [-0.4, -0.2) is 36.9 Å². The normalized spacial score (nSPS) is 13.6. The Morgan fingerprint density at radius 2 is 1.88 bits per heavy atom. The summed E-state index contributed by atoms with van der Waals surface area (Å²) in [6.45, 7) is 5.33. The topological polar surface area (TPSA) is 98.1 Å². The van der Waals surface area contributed by atoms with E-state index < -0.39 is 6.04 Å². The maximum atomic E-state index is 12.9. The summed E-state index contributed by atoms with van der Waals surface area (Å²) in [4.78, 5) is 39.7. The molecule has 0 aliphatic carbocycles. The van der Waals surface area contributed by atoms with Crippen molar-refractivity contribution in [3.63, 3.8) is 0 Å². The minimum atomic E-state index is -0.818. The van der Waals surface area contributed by atoms with Crippen LogP contribution < -0.4 is 19.7 Å². The number of carbonyl (C=O) groups is 3. The minimum Gasteiger partial charge on any atom is -0.485 e. The molecule has 4 rings (SSSR count). The second kappa shape index (κ2) is 9.82. The van der Waals surface area contributed by atoms with Gasteiger partial charge in [-0.2, -0.15) is 0 Å². The number of anilines is 1. The molecule has 1 N–H and O–H groups in total. The van der Waals surface area contributed by atoms with Crippen molar-refractivity contribution in [1.29, 1.82) is 0 Å². The molecule has 1 aromatic heterocycles. The minimum absolute atomic E-state index is 0.154. The van der Waals surface area contributed by atoms with Gasteiger partial charge in [0.1, 0.15) is 23.3 Å². The van der Waals surface area contributed by atoms with Gasteiger partial charge in [-0.15, -0.1) is 0 Å². The molecule has 8 nitrogen and oxygen atoms in total. The molecule has 2 heterocycles. The van der Waals surface area contributed by atoms with Crippen molar-refractivity contribution in [2.24, 2.45) is 0 Å². The van der Waals surface area contributed by atoms with E-state index in [2.05, 4.69) is 5.32 Å². The van der Waals surface area contributed by atoms with Gasteiger partial charge in [0.25, 0.3) is 5.91 Å². The van der Waals surface area contributed by atoms with E-state index >= 15 is 0 Å². The molecule has 0 fully saturated rings. The fraction of sp³-hybridized carbons (Fsp3) is 0.269.